The summed E-state index contributed by atoms with van der Waals surface area (Å²) < 4.78 is 2.75. The van der Waals surface area contributed by atoms with Crippen molar-refractivity contribution in [2.45, 2.75) is 25.8 Å². The molecule has 1 amide bonds. The number of hydrogen-bond donors (Lipinski definition) is 1. The lowest BCUT2D eigenvalue weighted by Gasteiger charge is -2.11. The average molecular weight is 388 g/mol. The molecule has 1 N–H and O–H groups in total. The van der Waals surface area contributed by atoms with Gasteiger partial charge in [-0.25, -0.2) is 0 Å². The summed E-state index contributed by atoms with van der Waals surface area (Å²) in [4.78, 5) is 12.5. The van der Waals surface area contributed by atoms with Crippen molar-refractivity contribution in [1.29, 1.82) is 0 Å². The van der Waals surface area contributed by atoms with Gasteiger partial charge in [0, 0.05) is 21.7 Å². The van der Waals surface area contributed by atoms with Crippen molar-refractivity contribution in [3.8, 4) is 0 Å². The first kappa shape index (κ1) is 14.9. The minimum absolute atomic E-state index is 0.186. The van der Waals surface area contributed by atoms with Gasteiger partial charge in [0.2, 0.25) is 0 Å². The molecule has 0 atom stereocenters. The Morgan fingerprint density at radius 2 is 2.05 bits per heavy atom. The predicted molar refractivity (Wildman–Crippen MR) is 89.6 cm³/mol. The molecule has 0 bridgehead atoms. The third-order valence-corrected chi connectivity index (χ3v) is 4.75. The topological polar surface area (TPSA) is 34.0 Å². The van der Waals surface area contributed by atoms with E-state index in [2.05, 4.69) is 21.2 Å². The van der Waals surface area contributed by atoms with Gasteiger partial charge in [-0.3, -0.25) is 4.79 Å². The average Bonchev–Trinajstić information content (AvgIpc) is 3.18. The van der Waals surface area contributed by atoms with Crippen LogP contribution in [-0.2, 0) is 0 Å². The van der Waals surface area contributed by atoms with Crippen LogP contribution in [0.25, 0.3) is 0 Å². The second kappa shape index (κ2) is 5.67. The number of amides is 1. The molecular weight excluding hydrogens is 375 g/mol. The monoisotopic (exact) mass is 386 g/mol. The smallest absolute Gasteiger partial charge is 0.272 e. The van der Waals surface area contributed by atoms with E-state index in [9.17, 15) is 4.79 Å². The van der Waals surface area contributed by atoms with Crippen LogP contribution in [0, 0.1) is 6.92 Å². The molecule has 1 aliphatic carbocycles. The molecule has 1 heterocycles. The molecule has 3 nitrogen and oxygen atoms in total. The zero-order chi connectivity index (χ0) is 15.1. The van der Waals surface area contributed by atoms with Gasteiger partial charge < -0.3 is 9.88 Å². The second-order valence-electron chi connectivity index (χ2n) is 5.22. The minimum Gasteiger partial charge on any atom is -0.339 e. The summed E-state index contributed by atoms with van der Waals surface area (Å²) in [6.07, 6.45) is 3.99. The Hall–Kier alpha value is -0.970. The van der Waals surface area contributed by atoms with E-state index >= 15 is 0 Å². The van der Waals surface area contributed by atoms with Crippen LogP contribution in [0.4, 0.5) is 5.69 Å². The summed E-state index contributed by atoms with van der Waals surface area (Å²) in [5.41, 5.74) is 2.17. The van der Waals surface area contributed by atoms with Gasteiger partial charge in [0.05, 0.1) is 10.7 Å². The SMILES string of the molecule is Cc1cc(Br)c(NC(=O)c2cc(Cl)cn2C2CC2)cc1Cl. The third-order valence-electron chi connectivity index (χ3n) is 3.48. The van der Waals surface area contributed by atoms with Crippen molar-refractivity contribution in [2.24, 2.45) is 0 Å². The van der Waals surface area contributed by atoms with Gasteiger partial charge >= 0.3 is 0 Å². The lowest BCUT2D eigenvalue weighted by Crippen LogP contribution is -2.16. The normalized spacial score (nSPS) is 14.3. The highest BCUT2D eigenvalue weighted by atomic mass is 79.9. The molecular formula is C15H13BrCl2N2O. The lowest BCUT2D eigenvalue weighted by atomic mass is 10.2. The molecule has 0 radical (unpaired) electrons. The Bertz CT molecular complexity index is 723. The molecule has 21 heavy (non-hydrogen) atoms. The number of carbonyl (C=O) groups excluding carboxylic acids is 1. The van der Waals surface area contributed by atoms with E-state index < -0.39 is 0 Å². The Morgan fingerprint density at radius 1 is 1.33 bits per heavy atom. The second-order valence-corrected chi connectivity index (χ2v) is 6.92. The maximum Gasteiger partial charge on any atom is 0.272 e. The van der Waals surface area contributed by atoms with E-state index in [1.54, 1.807) is 12.1 Å². The number of halogens is 3. The number of benzene rings is 1. The standard InChI is InChI=1S/C15H13BrCl2N2O/c1-8-4-11(16)13(6-12(8)18)19-15(21)14-5-9(17)7-20(14)10-2-3-10/h4-7,10H,2-3H2,1H3,(H,19,21). The van der Waals surface area contributed by atoms with Crippen LogP contribution < -0.4 is 5.32 Å². The fourth-order valence-corrected chi connectivity index (χ4v) is 3.14. The van der Waals surface area contributed by atoms with Crippen molar-refractivity contribution in [1.82, 2.24) is 4.57 Å². The zero-order valence-corrected chi connectivity index (χ0v) is 14.4. The zero-order valence-electron chi connectivity index (χ0n) is 11.3. The van der Waals surface area contributed by atoms with E-state index in [0.29, 0.717) is 27.5 Å². The fourth-order valence-electron chi connectivity index (χ4n) is 2.21. The fraction of sp³-hybridized carbons (Fsp3) is 0.267. The molecule has 2 aromatic rings. The van der Waals surface area contributed by atoms with Crippen molar-refractivity contribution in [3.63, 3.8) is 0 Å². The van der Waals surface area contributed by atoms with Gasteiger partial charge in [-0.2, -0.15) is 0 Å². The first-order valence-corrected chi connectivity index (χ1v) is 8.15. The van der Waals surface area contributed by atoms with E-state index in [1.807, 2.05) is 23.8 Å². The van der Waals surface area contributed by atoms with Gasteiger partial charge in [0.1, 0.15) is 5.69 Å². The Kier molecular flexibility index (Phi) is 4.04. The molecule has 1 saturated carbocycles. The quantitative estimate of drug-likeness (QED) is 0.745. The van der Waals surface area contributed by atoms with Crippen LogP contribution in [-0.4, -0.2) is 10.5 Å². The number of anilines is 1. The first-order chi connectivity index (χ1) is 9.95. The number of nitrogens with one attached hydrogen (secondary N) is 1. The maximum atomic E-state index is 12.5. The summed E-state index contributed by atoms with van der Waals surface area (Å²) in [6.45, 7) is 1.91. The Morgan fingerprint density at radius 3 is 2.71 bits per heavy atom. The van der Waals surface area contributed by atoms with Crippen molar-refractivity contribution in [3.05, 3.63) is 50.2 Å². The molecule has 3 rings (SSSR count). The van der Waals surface area contributed by atoms with Crippen LogP contribution in [0.5, 0.6) is 0 Å². The predicted octanol–water partition coefficient (Wildman–Crippen LogP) is 5.45. The van der Waals surface area contributed by atoms with Crippen molar-refractivity contribution in [2.75, 3.05) is 5.32 Å². The van der Waals surface area contributed by atoms with Crippen LogP contribution >= 0.6 is 39.1 Å². The number of nitrogens with zero attached hydrogens (tertiary/aromatic N) is 1. The number of rotatable bonds is 3. The molecule has 0 aliphatic heterocycles. The van der Waals surface area contributed by atoms with E-state index in [1.165, 1.54) is 0 Å². The van der Waals surface area contributed by atoms with Gasteiger partial charge in [0.25, 0.3) is 5.91 Å². The molecule has 1 aromatic carbocycles. The lowest BCUT2D eigenvalue weighted by molar-refractivity contribution is 0.101. The summed E-state index contributed by atoms with van der Waals surface area (Å²) in [7, 11) is 0. The molecule has 0 spiro atoms. The molecule has 110 valence electrons. The van der Waals surface area contributed by atoms with E-state index in [0.717, 1.165) is 22.9 Å². The minimum atomic E-state index is -0.186. The highest BCUT2D eigenvalue weighted by Crippen LogP contribution is 2.38. The van der Waals surface area contributed by atoms with Crippen LogP contribution in [0.15, 0.2) is 28.9 Å². The van der Waals surface area contributed by atoms with Crippen LogP contribution in [0.1, 0.15) is 34.9 Å². The van der Waals surface area contributed by atoms with E-state index in [-0.39, 0.29) is 5.91 Å². The molecule has 0 saturated heterocycles. The maximum absolute atomic E-state index is 12.5. The number of hydrogen-bond acceptors (Lipinski definition) is 1. The highest BCUT2D eigenvalue weighted by molar-refractivity contribution is 9.10. The first-order valence-electron chi connectivity index (χ1n) is 6.60. The van der Waals surface area contributed by atoms with Crippen LogP contribution in [0.3, 0.4) is 0 Å². The third kappa shape index (κ3) is 3.12. The summed E-state index contributed by atoms with van der Waals surface area (Å²) in [5, 5.41) is 4.07. The number of carbonyl (C=O) groups is 1. The van der Waals surface area contributed by atoms with Gasteiger partial charge in [-0.05, 0) is 59.5 Å². The Labute approximate surface area is 141 Å². The molecule has 1 aliphatic rings. The number of aryl methyl sites for hydroxylation is 1. The van der Waals surface area contributed by atoms with Crippen molar-refractivity contribution >= 4 is 50.7 Å². The van der Waals surface area contributed by atoms with Gasteiger partial charge in [0.15, 0.2) is 0 Å². The Balaban J connectivity index is 1.88. The molecule has 6 heteroatoms. The van der Waals surface area contributed by atoms with Gasteiger partial charge in [-0.15, -0.1) is 0 Å². The largest absolute Gasteiger partial charge is 0.339 e. The van der Waals surface area contributed by atoms with Crippen LogP contribution in [0.2, 0.25) is 10.0 Å². The van der Waals surface area contributed by atoms with Gasteiger partial charge in [-0.1, -0.05) is 23.2 Å². The molecule has 0 unspecified atom stereocenters. The molecule has 1 aromatic heterocycles. The van der Waals surface area contributed by atoms with E-state index in [4.69, 9.17) is 23.2 Å². The van der Waals surface area contributed by atoms with Crippen molar-refractivity contribution < 1.29 is 4.79 Å². The highest BCUT2D eigenvalue weighted by Gasteiger charge is 2.28. The molecule has 1 fully saturated rings. The summed E-state index contributed by atoms with van der Waals surface area (Å²) in [5.74, 6) is -0.186. The number of aromatic nitrogens is 1. The summed E-state index contributed by atoms with van der Waals surface area (Å²) in [6, 6.07) is 5.71. The summed E-state index contributed by atoms with van der Waals surface area (Å²) >= 11 is 15.6.